The van der Waals surface area contributed by atoms with Crippen LogP contribution in [0.15, 0.2) is 24.9 Å². The molecule has 5 heterocycles. The lowest BCUT2D eigenvalue weighted by molar-refractivity contribution is -0.127. The van der Waals surface area contributed by atoms with E-state index in [0.29, 0.717) is 35.7 Å². The van der Waals surface area contributed by atoms with Gasteiger partial charge >= 0.3 is 0 Å². The van der Waals surface area contributed by atoms with E-state index in [2.05, 4.69) is 45.1 Å². The van der Waals surface area contributed by atoms with E-state index in [4.69, 9.17) is 37.8 Å². The molecule has 0 spiro atoms. The number of aromatic amines is 1. The number of aromatic nitrogens is 4. The third-order valence-electron chi connectivity index (χ3n) is 9.79. The molecule has 1 amide bonds. The normalized spacial score (nSPS) is 23.9. The summed E-state index contributed by atoms with van der Waals surface area (Å²) in [6, 6.07) is 1.97. The fourth-order valence-corrected chi connectivity index (χ4v) is 8.06. The molecule has 0 radical (unpaired) electrons. The third kappa shape index (κ3) is 5.87. The van der Waals surface area contributed by atoms with Gasteiger partial charge in [-0.3, -0.25) is 19.5 Å². The number of anilines is 1. The fourth-order valence-electron chi connectivity index (χ4n) is 7.61. The van der Waals surface area contributed by atoms with Crippen molar-refractivity contribution in [2.24, 2.45) is 5.92 Å². The minimum atomic E-state index is -0.287. The van der Waals surface area contributed by atoms with Crippen molar-refractivity contribution in [3.8, 4) is 11.1 Å². The van der Waals surface area contributed by atoms with Crippen molar-refractivity contribution >= 4 is 45.8 Å². The molecular formula is C32H43Cl2N7O3. The molecule has 3 aliphatic rings. The highest BCUT2D eigenvalue weighted by molar-refractivity contribution is 6.45. The van der Waals surface area contributed by atoms with E-state index in [1.54, 1.807) is 7.11 Å². The molecular weight excluding hydrogens is 601 g/mol. The van der Waals surface area contributed by atoms with Crippen LogP contribution in [0.25, 0.3) is 22.0 Å². The van der Waals surface area contributed by atoms with E-state index >= 15 is 0 Å². The van der Waals surface area contributed by atoms with Crippen molar-refractivity contribution in [1.82, 2.24) is 29.8 Å². The minimum absolute atomic E-state index is 0.0228. The quantitative estimate of drug-likeness (QED) is 0.331. The number of likely N-dealkylation sites (tertiary alicyclic amines) is 1. The molecule has 0 aliphatic carbocycles. The second-order valence-corrected chi connectivity index (χ2v) is 13.5. The summed E-state index contributed by atoms with van der Waals surface area (Å²) in [4.78, 5) is 19.1. The van der Waals surface area contributed by atoms with Gasteiger partial charge in [-0.05, 0) is 57.6 Å². The Morgan fingerprint density at radius 1 is 1.18 bits per heavy atom. The number of morpholine rings is 1. The van der Waals surface area contributed by atoms with Gasteiger partial charge in [-0.15, -0.1) is 0 Å². The summed E-state index contributed by atoms with van der Waals surface area (Å²) in [6.45, 7) is 15.5. The van der Waals surface area contributed by atoms with Gasteiger partial charge in [0.1, 0.15) is 0 Å². The van der Waals surface area contributed by atoms with Gasteiger partial charge in [0.05, 0.1) is 53.2 Å². The first-order chi connectivity index (χ1) is 21.2. The van der Waals surface area contributed by atoms with Crippen LogP contribution in [0.5, 0.6) is 0 Å². The topological polar surface area (TPSA) is 91.8 Å². The van der Waals surface area contributed by atoms with E-state index in [1.165, 1.54) is 6.08 Å². The number of fused-ring (bicyclic) bond motifs is 1. The first-order valence-electron chi connectivity index (χ1n) is 15.6. The lowest BCUT2D eigenvalue weighted by Crippen LogP contribution is -2.57. The number of benzene rings is 1. The molecule has 10 nitrogen and oxygen atoms in total. The van der Waals surface area contributed by atoms with Gasteiger partial charge in [0.15, 0.2) is 5.82 Å². The molecule has 3 saturated heterocycles. The Kier molecular flexibility index (Phi) is 9.27. The van der Waals surface area contributed by atoms with Gasteiger partial charge in [0, 0.05) is 68.6 Å². The summed E-state index contributed by atoms with van der Waals surface area (Å²) in [5, 5.41) is 14.7. The van der Waals surface area contributed by atoms with Gasteiger partial charge in [-0.2, -0.15) is 10.2 Å². The van der Waals surface area contributed by atoms with E-state index in [-0.39, 0.29) is 17.5 Å². The lowest BCUT2D eigenvalue weighted by atomic mass is 9.81. The number of rotatable bonds is 8. The second kappa shape index (κ2) is 13.0. The zero-order valence-electron chi connectivity index (χ0n) is 26.0. The number of carbonyl (C=O) groups excluding carboxylic acids is 1. The van der Waals surface area contributed by atoms with Crippen LogP contribution in [-0.4, -0.2) is 107 Å². The predicted octanol–water partition coefficient (Wildman–Crippen LogP) is 5.34. The van der Waals surface area contributed by atoms with Crippen molar-refractivity contribution in [3.63, 3.8) is 0 Å². The third-order valence-corrected chi connectivity index (χ3v) is 10.6. The Bertz CT molecular complexity index is 1510. The average Bonchev–Trinajstić information content (AvgIpc) is 3.62. The van der Waals surface area contributed by atoms with Gasteiger partial charge in [0.25, 0.3) is 0 Å². The molecule has 1 aromatic carbocycles. The number of piperidine rings is 2. The van der Waals surface area contributed by atoms with Gasteiger partial charge in [-0.25, -0.2) is 0 Å². The molecule has 3 fully saturated rings. The number of nitrogens with zero attached hydrogens (tertiary/aromatic N) is 6. The maximum atomic E-state index is 12.3. The predicted molar refractivity (Wildman–Crippen MR) is 175 cm³/mol. The molecule has 12 heteroatoms. The van der Waals surface area contributed by atoms with Gasteiger partial charge < -0.3 is 19.3 Å². The van der Waals surface area contributed by atoms with E-state index in [0.717, 1.165) is 98.6 Å². The Hall–Kier alpha value is -2.63. The van der Waals surface area contributed by atoms with Crippen LogP contribution in [-0.2, 0) is 14.3 Å². The number of amides is 1. The smallest absolute Gasteiger partial charge is 0.245 e. The van der Waals surface area contributed by atoms with E-state index in [1.807, 2.05) is 17.2 Å². The summed E-state index contributed by atoms with van der Waals surface area (Å²) in [5.41, 5.74) is 3.38. The van der Waals surface area contributed by atoms with Crippen molar-refractivity contribution in [2.45, 2.75) is 51.1 Å². The van der Waals surface area contributed by atoms with Crippen LogP contribution in [0.1, 0.15) is 44.3 Å². The monoisotopic (exact) mass is 643 g/mol. The zero-order chi connectivity index (χ0) is 31.0. The van der Waals surface area contributed by atoms with Crippen molar-refractivity contribution in [2.75, 3.05) is 71.1 Å². The number of H-pyrrole nitrogens is 1. The summed E-state index contributed by atoms with van der Waals surface area (Å²) >= 11 is 13.8. The van der Waals surface area contributed by atoms with E-state index in [9.17, 15) is 4.79 Å². The van der Waals surface area contributed by atoms with Gasteiger partial charge in [0.2, 0.25) is 5.91 Å². The highest BCUT2D eigenvalue weighted by atomic mass is 35.5. The molecule has 2 unspecified atom stereocenters. The Labute approximate surface area is 269 Å². The number of methoxy groups -OCH3 is 1. The minimum Gasteiger partial charge on any atom is -0.382 e. The van der Waals surface area contributed by atoms with Crippen LogP contribution in [0.4, 0.5) is 5.82 Å². The van der Waals surface area contributed by atoms with E-state index < -0.39 is 0 Å². The molecule has 1 N–H and O–H groups in total. The molecule has 0 bridgehead atoms. The molecule has 0 saturated carbocycles. The largest absolute Gasteiger partial charge is 0.382 e. The maximum absolute atomic E-state index is 12.3. The van der Waals surface area contributed by atoms with Crippen LogP contribution in [0, 0.1) is 12.8 Å². The molecule has 238 valence electrons. The van der Waals surface area contributed by atoms with Gasteiger partial charge in [-0.1, -0.05) is 29.8 Å². The lowest BCUT2D eigenvalue weighted by Gasteiger charge is -2.49. The van der Waals surface area contributed by atoms with Crippen molar-refractivity contribution < 1.29 is 14.3 Å². The molecule has 6 rings (SSSR count). The number of ether oxygens (including phenoxy) is 2. The average molecular weight is 645 g/mol. The Morgan fingerprint density at radius 2 is 1.93 bits per heavy atom. The molecule has 3 aromatic rings. The van der Waals surface area contributed by atoms with Crippen LogP contribution < -0.4 is 4.90 Å². The number of carbonyl (C=O) groups is 1. The standard InChI is InChI=1S/C32H43Cl2N7O3/c1-5-27(42)39-9-7-23(8-10-39)41-21(2)28(29-24-18-35-36-26(24)16-25(33)30(29)34)31(37-41)40-11-6-22(17-32(40,3)20-43-4)19-38-12-14-44-15-13-38/h5,16,18,22-23H,1,6-15,17,19-20H2,2-4H3,(H,35,36). The summed E-state index contributed by atoms with van der Waals surface area (Å²) < 4.78 is 13.7. The first-order valence-corrected chi connectivity index (χ1v) is 16.4. The first kappa shape index (κ1) is 31.4. The maximum Gasteiger partial charge on any atom is 0.245 e. The van der Waals surface area contributed by atoms with Crippen LogP contribution in [0.3, 0.4) is 0 Å². The van der Waals surface area contributed by atoms with Crippen LogP contribution in [0.2, 0.25) is 10.0 Å². The molecule has 44 heavy (non-hydrogen) atoms. The SMILES string of the molecule is C=CC(=O)N1CCC(n2nc(N3CCC(CN4CCOCC4)CC3(C)COC)c(-c3c(Cl)c(Cl)cc4[nH]ncc34)c2C)CC1. The number of nitrogens with one attached hydrogen (secondary N) is 1. The number of hydrogen-bond acceptors (Lipinski definition) is 7. The summed E-state index contributed by atoms with van der Waals surface area (Å²) in [5.74, 6) is 1.41. The summed E-state index contributed by atoms with van der Waals surface area (Å²) in [7, 11) is 1.78. The van der Waals surface area contributed by atoms with Crippen molar-refractivity contribution in [3.05, 3.63) is 40.7 Å². The zero-order valence-corrected chi connectivity index (χ0v) is 27.5. The summed E-state index contributed by atoms with van der Waals surface area (Å²) in [6.07, 6.45) is 6.86. The number of hydrogen-bond donors (Lipinski definition) is 1. The molecule has 2 atom stereocenters. The molecule has 2 aromatic heterocycles. The Balaban J connectivity index is 1.42. The van der Waals surface area contributed by atoms with Crippen molar-refractivity contribution in [1.29, 1.82) is 0 Å². The molecule has 3 aliphatic heterocycles. The fraction of sp³-hybridized carbons (Fsp3) is 0.594. The number of halogens is 2. The Morgan fingerprint density at radius 3 is 2.64 bits per heavy atom. The second-order valence-electron chi connectivity index (χ2n) is 12.7. The highest BCUT2D eigenvalue weighted by Gasteiger charge is 2.43. The highest BCUT2D eigenvalue weighted by Crippen LogP contribution is 2.48. The van der Waals surface area contributed by atoms with Crippen LogP contribution >= 0.6 is 23.2 Å².